The first-order valence-corrected chi connectivity index (χ1v) is 8.18. The highest BCUT2D eigenvalue weighted by molar-refractivity contribution is 7.80. The zero-order chi connectivity index (χ0) is 15.5. The van der Waals surface area contributed by atoms with Gasteiger partial charge in [0.1, 0.15) is 5.82 Å². The molecule has 2 N–H and O–H groups in total. The zero-order valence-electron chi connectivity index (χ0n) is 12.7. The topological polar surface area (TPSA) is 74.8 Å². The molecule has 21 heavy (non-hydrogen) atoms. The number of carbonyl (C=O) groups is 1. The molecule has 0 bridgehead atoms. The zero-order valence-corrected chi connectivity index (χ0v) is 13.6. The number of rotatable bonds is 5. The first-order chi connectivity index (χ1) is 10.00. The molecule has 6 heteroatoms. The molecule has 1 atom stereocenters. The highest BCUT2D eigenvalue weighted by Gasteiger charge is 2.30. The van der Waals surface area contributed by atoms with E-state index in [1.54, 1.807) is 0 Å². The molecular weight excluding hydrogens is 286 g/mol. The Morgan fingerprint density at radius 2 is 2.14 bits per heavy atom. The first kappa shape index (κ1) is 16.1. The maximum absolute atomic E-state index is 12.2. The molecule has 0 radical (unpaired) electrons. The minimum atomic E-state index is -0.647. The van der Waals surface area contributed by atoms with Crippen molar-refractivity contribution in [2.24, 2.45) is 0 Å². The molecule has 0 saturated heterocycles. The van der Waals surface area contributed by atoms with E-state index >= 15 is 0 Å². The third-order valence-corrected chi connectivity index (χ3v) is 4.40. The van der Waals surface area contributed by atoms with Gasteiger partial charge in [0.2, 0.25) is 5.91 Å². The van der Waals surface area contributed by atoms with Crippen LogP contribution >= 0.6 is 12.6 Å². The molecule has 0 saturated carbocycles. The second-order valence-electron chi connectivity index (χ2n) is 5.75. The lowest BCUT2D eigenvalue weighted by atomic mass is 9.94. The number of fused-ring (bicyclic) bond motifs is 1. The number of aromatic amines is 1. The number of H-pyrrole nitrogens is 1. The number of carbonyl (C=O) groups excluding carboxylic acids is 1. The van der Waals surface area contributed by atoms with Crippen LogP contribution in [0, 0.1) is 0 Å². The Balaban J connectivity index is 2.35. The summed E-state index contributed by atoms with van der Waals surface area (Å²) in [7, 11) is 0. The van der Waals surface area contributed by atoms with Crippen molar-refractivity contribution in [2.45, 2.75) is 57.9 Å². The fourth-order valence-electron chi connectivity index (χ4n) is 2.65. The van der Waals surface area contributed by atoms with E-state index in [2.05, 4.69) is 27.9 Å². The molecular formula is C15H23N3O2S. The Hall–Kier alpha value is -1.30. The summed E-state index contributed by atoms with van der Waals surface area (Å²) in [4.78, 5) is 31.6. The summed E-state index contributed by atoms with van der Waals surface area (Å²) < 4.78 is 0. The molecule has 0 spiro atoms. The lowest BCUT2D eigenvalue weighted by Gasteiger charge is -2.29. The molecule has 1 unspecified atom stereocenters. The molecule has 1 heterocycles. The SMILES string of the molecule is CCC(C)(NC(=O)CCS)c1nc2c(c(=O)[nH]1)CCCC2. The van der Waals surface area contributed by atoms with E-state index in [0.29, 0.717) is 24.4 Å². The summed E-state index contributed by atoms with van der Waals surface area (Å²) in [6.07, 6.45) is 4.77. The van der Waals surface area contributed by atoms with Gasteiger partial charge in [0.25, 0.3) is 5.56 Å². The molecule has 0 fully saturated rings. The van der Waals surface area contributed by atoms with Crippen molar-refractivity contribution in [2.75, 3.05) is 5.75 Å². The van der Waals surface area contributed by atoms with Crippen LogP contribution in [0.25, 0.3) is 0 Å². The lowest BCUT2D eigenvalue weighted by molar-refractivity contribution is -0.122. The van der Waals surface area contributed by atoms with Gasteiger partial charge in [0.05, 0.1) is 11.2 Å². The van der Waals surface area contributed by atoms with Gasteiger partial charge in [-0.05, 0) is 44.8 Å². The van der Waals surface area contributed by atoms with Crippen LogP contribution < -0.4 is 10.9 Å². The van der Waals surface area contributed by atoms with Crippen LogP contribution in [-0.4, -0.2) is 21.6 Å². The number of aryl methyl sites for hydroxylation is 1. The molecule has 1 aliphatic rings. The smallest absolute Gasteiger partial charge is 0.254 e. The number of aromatic nitrogens is 2. The highest BCUT2D eigenvalue weighted by Crippen LogP contribution is 2.23. The molecule has 0 aromatic carbocycles. The van der Waals surface area contributed by atoms with Gasteiger partial charge >= 0.3 is 0 Å². The van der Waals surface area contributed by atoms with Crippen molar-refractivity contribution in [3.8, 4) is 0 Å². The van der Waals surface area contributed by atoms with Gasteiger partial charge in [-0.3, -0.25) is 9.59 Å². The molecule has 116 valence electrons. The quantitative estimate of drug-likeness (QED) is 0.725. The third-order valence-electron chi connectivity index (χ3n) is 4.18. The largest absolute Gasteiger partial charge is 0.344 e. The Bertz CT molecular complexity index is 585. The van der Waals surface area contributed by atoms with E-state index in [-0.39, 0.29) is 11.5 Å². The van der Waals surface area contributed by atoms with Crippen LogP contribution in [-0.2, 0) is 23.2 Å². The predicted molar refractivity (Wildman–Crippen MR) is 85.8 cm³/mol. The van der Waals surface area contributed by atoms with Crippen LogP contribution in [0.5, 0.6) is 0 Å². The van der Waals surface area contributed by atoms with Crippen molar-refractivity contribution in [1.29, 1.82) is 0 Å². The molecule has 1 aromatic heterocycles. The van der Waals surface area contributed by atoms with Crippen molar-refractivity contribution >= 4 is 18.5 Å². The summed E-state index contributed by atoms with van der Waals surface area (Å²) in [5.74, 6) is 0.984. The van der Waals surface area contributed by atoms with Crippen molar-refractivity contribution < 1.29 is 4.79 Å². The summed E-state index contributed by atoms with van der Waals surface area (Å²) in [5, 5.41) is 2.97. The van der Waals surface area contributed by atoms with Gasteiger partial charge in [0, 0.05) is 12.0 Å². The van der Waals surface area contributed by atoms with Gasteiger partial charge < -0.3 is 10.3 Å². The van der Waals surface area contributed by atoms with E-state index in [1.807, 2.05) is 13.8 Å². The van der Waals surface area contributed by atoms with Gasteiger partial charge in [0.15, 0.2) is 0 Å². The predicted octanol–water partition coefficient (Wildman–Crippen LogP) is 1.71. The maximum Gasteiger partial charge on any atom is 0.254 e. The first-order valence-electron chi connectivity index (χ1n) is 7.54. The Labute approximate surface area is 130 Å². The number of hydrogen-bond donors (Lipinski definition) is 3. The Morgan fingerprint density at radius 1 is 1.43 bits per heavy atom. The minimum Gasteiger partial charge on any atom is -0.344 e. The molecule has 1 aliphatic carbocycles. The maximum atomic E-state index is 12.2. The van der Waals surface area contributed by atoms with Crippen LogP contribution in [0.2, 0.25) is 0 Å². The number of thiol groups is 1. The highest BCUT2D eigenvalue weighted by atomic mass is 32.1. The van der Waals surface area contributed by atoms with E-state index in [0.717, 1.165) is 36.9 Å². The van der Waals surface area contributed by atoms with Crippen molar-refractivity contribution in [3.63, 3.8) is 0 Å². The normalized spacial score (nSPS) is 16.9. The van der Waals surface area contributed by atoms with Crippen LogP contribution in [0.1, 0.15) is 56.6 Å². The Morgan fingerprint density at radius 3 is 2.81 bits per heavy atom. The second kappa shape index (κ2) is 6.64. The lowest BCUT2D eigenvalue weighted by Crippen LogP contribution is -2.46. The van der Waals surface area contributed by atoms with E-state index in [4.69, 9.17) is 0 Å². The molecule has 1 amide bonds. The van der Waals surface area contributed by atoms with Gasteiger partial charge in [-0.15, -0.1) is 0 Å². The monoisotopic (exact) mass is 309 g/mol. The number of nitrogens with zero attached hydrogens (tertiary/aromatic N) is 1. The van der Waals surface area contributed by atoms with E-state index in [9.17, 15) is 9.59 Å². The average molecular weight is 309 g/mol. The van der Waals surface area contributed by atoms with Crippen molar-refractivity contribution in [3.05, 3.63) is 27.4 Å². The number of amides is 1. The summed E-state index contributed by atoms with van der Waals surface area (Å²) in [6.45, 7) is 3.87. The fraction of sp³-hybridized carbons (Fsp3) is 0.667. The third kappa shape index (κ3) is 3.48. The van der Waals surface area contributed by atoms with Gasteiger partial charge in [-0.25, -0.2) is 4.98 Å². The van der Waals surface area contributed by atoms with Gasteiger partial charge in [-0.2, -0.15) is 12.6 Å². The molecule has 2 rings (SSSR count). The molecule has 0 aliphatic heterocycles. The van der Waals surface area contributed by atoms with E-state index < -0.39 is 5.54 Å². The van der Waals surface area contributed by atoms with Crippen LogP contribution in [0.3, 0.4) is 0 Å². The standard InChI is InChI=1S/C15H23N3O2S/c1-3-15(2,18-12(19)8-9-21)14-16-11-7-5-4-6-10(11)13(20)17-14/h21H,3-9H2,1-2H3,(H,18,19)(H,16,17,20). The summed E-state index contributed by atoms with van der Waals surface area (Å²) in [5.41, 5.74) is 0.997. The number of hydrogen-bond acceptors (Lipinski definition) is 4. The van der Waals surface area contributed by atoms with Gasteiger partial charge in [-0.1, -0.05) is 6.92 Å². The summed E-state index contributed by atoms with van der Waals surface area (Å²) in [6, 6.07) is 0. The average Bonchev–Trinajstić information content (AvgIpc) is 2.47. The second-order valence-corrected chi connectivity index (χ2v) is 6.20. The van der Waals surface area contributed by atoms with Crippen molar-refractivity contribution in [1.82, 2.24) is 15.3 Å². The molecule has 1 aromatic rings. The summed E-state index contributed by atoms with van der Waals surface area (Å²) >= 11 is 4.07. The Kier molecular flexibility index (Phi) is 5.08. The molecule has 5 nitrogen and oxygen atoms in total. The minimum absolute atomic E-state index is 0.0576. The fourth-order valence-corrected chi connectivity index (χ4v) is 2.85. The van der Waals surface area contributed by atoms with Crippen LogP contribution in [0.4, 0.5) is 0 Å². The van der Waals surface area contributed by atoms with E-state index in [1.165, 1.54) is 0 Å². The number of nitrogens with one attached hydrogen (secondary N) is 2. The van der Waals surface area contributed by atoms with Crippen LogP contribution in [0.15, 0.2) is 4.79 Å².